The Labute approximate surface area is 141 Å². The Bertz CT molecular complexity index is 757. The van der Waals surface area contributed by atoms with Crippen molar-refractivity contribution in [3.63, 3.8) is 0 Å². The van der Waals surface area contributed by atoms with Gasteiger partial charge in [0.05, 0.1) is 0 Å². The molecule has 1 saturated heterocycles. The van der Waals surface area contributed by atoms with E-state index in [0.29, 0.717) is 5.56 Å². The average molecular weight is 318 g/mol. The number of para-hydroxylation sites is 2. The smallest absolute Gasteiger partial charge is 0.131 e. The second-order valence-electron chi connectivity index (χ2n) is 5.95. The third-order valence-electron chi connectivity index (χ3n) is 4.53. The van der Waals surface area contributed by atoms with Gasteiger partial charge in [0.2, 0.25) is 0 Å². The lowest BCUT2D eigenvalue weighted by Crippen LogP contribution is -2.31. The Balaban J connectivity index is 1.80. The minimum atomic E-state index is -0.161. The van der Waals surface area contributed by atoms with Crippen LogP contribution < -0.4 is 9.80 Å². The van der Waals surface area contributed by atoms with Crippen LogP contribution in [-0.4, -0.2) is 13.1 Å². The molecule has 1 aliphatic rings. The van der Waals surface area contributed by atoms with Crippen LogP contribution >= 0.6 is 0 Å². The second kappa shape index (κ2) is 6.36. The summed E-state index contributed by atoms with van der Waals surface area (Å²) < 4.78 is 14.6. The average Bonchev–Trinajstić information content (AvgIpc) is 3.08. The molecule has 0 spiro atoms. The first kappa shape index (κ1) is 14.8. The highest BCUT2D eigenvalue weighted by Gasteiger charge is 2.35. The summed E-state index contributed by atoms with van der Waals surface area (Å²) in [4.78, 5) is 4.54. The summed E-state index contributed by atoms with van der Waals surface area (Å²) in [5, 5.41) is 0. The van der Waals surface area contributed by atoms with Crippen LogP contribution in [0, 0.1) is 5.82 Å². The Morgan fingerprint density at radius 1 is 0.625 bits per heavy atom. The van der Waals surface area contributed by atoms with E-state index in [4.69, 9.17) is 0 Å². The quantitative estimate of drug-likeness (QED) is 0.681. The molecule has 1 aliphatic heterocycles. The standard InChI is InChI=1S/C21H19FN2/c22-20-14-8-7-13-19(20)21-23(17-9-3-1-4-10-17)15-16-24(21)18-11-5-2-6-12-18/h1-14,21H,15-16H2. The Morgan fingerprint density at radius 2 is 1.08 bits per heavy atom. The molecule has 1 heterocycles. The van der Waals surface area contributed by atoms with Gasteiger partial charge < -0.3 is 9.80 Å². The topological polar surface area (TPSA) is 6.48 Å². The van der Waals surface area contributed by atoms with Gasteiger partial charge in [0.1, 0.15) is 12.0 Å². The number of hydrogen-bond donors (Lipinski definition) is 0. The van der Waals surface area contributed by atoms with Crippen molar-refractivity contribution in [2.75, 3.05) is 22.9 Å². The molecule has 3 heteroatoms. The fourth-order valence-corrected chi connectivity index (χ4v) is 3.43. The second-order valence-corrected chi connectivity index (χ2v) is 5.95. The maximum absolute atomic E-state index is 14.6. The van der Waals surface area contributed by atoms with E-state index in [2.05, 4.69) is 34.1 Å². The zero-order valence-corrected chi connectivity index (χ0v) is 13.3. The molecule has 0 N–H and O–H groups in total. The summed E-state index contributed by atoms with van der Waals surface area (Å²) in [6, 6.07) is 27.5. The van der Waals surface area contributed by atoms with E-state index in [-0.39, 0.29) is 12.0 Å². The molecule has 0 unspecified atom stereocenters. The van der Waals surface area contributed by atoms with E-state index < -0.39 is 0 Å². The summed E-state index contributed by atoms with van der Waals surface area (Å²) >= 11 is 0. The van der Waals surface area contributed by atoms with E-state index >= 15 is 0 Å². The Kier molecular flexibility index (Phi) is 3.91. The highest BCUT2D eigenvalue weighted by Crippen LogP contribution is 2.38. The number of benzene rings is 3. The summed E-state index contributed by atoms with van der Waals surface area (Å²) in [5.74, 6) is -0.161. The van der Waals surface area contributed by atoms with Gasteiger partial charge in [-0.1, -0.05) is 54.6 Å². The first-order chi connectivity index (χ1) is 11.8. The van der Waals surface area contributed by atoms with Crippen molar-refractivity contribution < 1.29 is 4.39 Å². The first-order valence-electron chi connectivity index (χ1n) is 8.22. The van der Waals surface area contributed by atoms with Gasteiger partial charge in [0.25, 0.3) is 0 Å². The van der Waals surface area contributed by atoms with Crippen molar-refractivity contribution >= 4 is 11.4 Å². The summed E-state index contributed by atoms with van der Waals surface area (Å²) in [5.41, 5.74) is 2.94. The van der Waals surface area contributed by atoms with Gasteiger partial charge in [0.15, 0.2) is 0 Å². The molecular weight excluding hydrogens is 299 g/mol. The zero-order chi connectivity index (χ0) is 16.4. The van der Waals surface area contributed by atoms with E-state index in [0.717, 1.165) is 24.5 Å². The van der Waals surface area contributed by atoms with Crippen molar-refractivity contribution in [3.05, 3.63) is 96.3 Å². The number of nitrogens with zero attached hydrogens (tertiary/aromatic N) is 2. The predicted octanol–water partition coefficient (Wildman–Crippen LogP) is 4.85. The van der Waals surface area contributed by atoms with Crippen molar-refractivity contribution in [2.24, 2.45) is 0 Å². The Hall–Kier alpha value is -2.81. The van der Waals surface area contributed by atoms with Crippen LogP contribution in [-0.2, 0) is 0 Å². The third kappa shape index (κ3) is 2.62. The van der Waals surface area contributed by atoms with Crippen LogP contribution in [0.1, 0.15) is 11.7 Å². The monoisotopic (exact) mass is 318 g/mol. The van der Waals surface area contributed by atoms with Gasteiger partial charge in [-0.25, -0.2) is 4.39 Å². The molecule has 24 heavy (non-hydrogen) atoms. The van der Waals surface area contributed by atoms with Crippen LogP contribution in [0.2, 0.25) is 0 Å². The first-order valence-corrected chi connectivity index (χ1v) is 8.22. The number of halogens is 1. The van der Waals surface area contributed by atoms with Gasteiger partial charge in [-0.15, -0.1) is 0 Å². The largest absolute Gasteiger partial charge is 0.345 e. The fourth-order valence-electron chi connectivity index (χ4n) is 3.43. The molecule has 0 amide bonds. The molecule has 4 rings (SSSR count). The highest BCUT2D eigenvalue weighted by atomic mass is 19.1. The summed E-state index contributed by atoms with van der Waals surface area (Å²) in [6.45, 7) is 1.72. The lowest BCUT2D eigenvalue weighted by molar-refractivity contribution is 0.580. The molecule has 2 nitrogen and oxygen atoms in total. The molecule has 0 radical (unpaired) electrons. The van der Waals surface area contributed by atoms with Crippen molar-refractivity contribution in [2.45, 2.75) is 6.17 Å². The molecule has 0 bridgehead atoms. The molecule has 1 fully saturated rings. The van der Waals surface area contributed by atoms with E-state index in [9.17, 15) is 4.39 Å². The molecule has 0 saturated carbocycles. The highest BCUT2D eigenvalue weighted by molar-refractivity contribution is 5.58. The van der Waals surface area contributed by atoms with Gasteiger partial charge in [0, 0.05) is 30.0 Å². The zero-order valence-electron chi connectivity index (χ0n) is 13.3. The summed E-state index contributed by atoms with van der Waals surface area (Å²) in [6.07, 6.45) is -0.143. The lowest BCUT2D eigenvalue weighted by atomic mass is 10.1. The fraction of sp³-hybridized carbons (Fsp3) is 0.143. The van der Waals surface area contributed by atoms with Crippen LogP contribution in [0.4, 0.5) is 15.8 Å². The third-order valence-corrected chi connectivity index (χ3v) is 4.53. The number of anilines is 2. The molecule has 0 aliphatic carbocycles. The Morgan fingerprint density at radius 3 is 1.58 bits per heavy atom. The number of rotatable bonds is 3. The SMILES string of the molecule is Fc1ccccc1C1N(c2ccccc2)CCN1c1ccccc1. The molecule has 0 atom stereocenters. The van der Waals surface area contributed by atoms with Crippen LogP contribution in [0.5, 0.6) is 0 Å². The van der Waals surface area contributed by atoms with Crippen molar-refractivity contribution in [1.29, 1.82) is 0 Å². The van der Waals surface area contributed by atoms with Crippen LogP contribution in [0.3, 0.4) is 0 Å². The molecule has 3 aromatic carbocycles. The van der Waals surface area contributed by atoms with Crippen LogP contribution in [0.15, 0.2) is 84.9 Å². The number of hydrogen-bond acceptors (Lipinski definition) is 2. The molecule has 120 valence electrons. The summed E-state index contributed by atoms with van der Waals surface area (Å²) in [7, 11) is 0. The minimum Gasteiger partial charge on any atom is -0.345 e. The predicted molar refractivity (Wildman–Crippen MR) is 96.7 cm³/mol. The van der Waals surface area contributed by atoms with Crippen LogP contribution in [0.25, 0.3) is 0 Å². The van der Waals surface area contributed by atoms with E-state index in [1.165, 1.54) is 0 Å². The molecule has 3 aromatic rings. The maximum atomic E-state index is 14.6. The van der Waals surface area contributed by atoms with Gasteiger partial charge >= 0.3 is 0 Å². The molecular formula is C21H19FN2. The van der Waals surface area contributed by atoms with Gasteiger partial charge in [-0.3, -0.25) is 0 Å². The minimum absolute atomic E-state index is 0.143. The van der Waals surface area contributed by atoms with Crippen molar-refractivity contribution in [1.82, 2.24) is 0 Å². The van der Waals surface area contributed by atoms with Crippen molar-refractivity contribution in [3.8, 4) is 0 Å². The lowest BCUT2D eigenvalue weighted by Gasteiger charge is -2.33. The normalized spacial score (nSPS) is 15.0. The van der Waals surface area contributed by atoms with Gasteiger partial charge in [-0.05, 0) is 30.3 Å². The maximum Gasteiger partial charge on any atom is 0.131 e. The van der Waals surface area contributed by atoms with Gasteiger partial charge in [-0.2, -0.15) is 0 Å². The molecule has 0 aromatic heterocycles. The van der Waals surface area contributed by atoms with E-state index in [1.54, 1.807) is 12.1 Å². The van der Waals surface area contributed by atoms with E-state index in [1.807, 2.05) is 48.5 Å².